The van der Waals surface area contributed by atoms with Gasteiger partial charge in [0, 0.05) is 30.0 Å². The number of aromatic amines is 1. The summed E-state index contributed by atoms with van der Waals surface area (Å²) in [5.74, 6) is 1.17. The number of aryl methyl sites for hydroxylation is 1. The molecule has 126 valence electrons. The number of hydrogen-bond acceptors (Lipinski definition) is 5. The van der Waals surface area contributed by atoms with Gasteiger partial charge in [0.1, 0.15) is 5.82 Å². The third-order valence-electron chi connectivity index (χ3n) is 4.99. The van der Waals surface area contributed by atoms with Crippen LogP contribution in [0.25, 0.3) is 0 Å². The molecule has 7 nitrogen and oxygen atoms in total. The van der Waals surface area contributed by atoms with Gasteiger partial charge in [-0.1, -0.05) is 0 Å². The lowest BCUT2D eigenvalue weighted by Gasteiger charge is -2.23. The van der Waals surface area contributed by atoms with Crippen molar-refractivity contribution in [1.82, 2.24) is 30.8 Å². The monoisotopic (exact) mass is 326 g/mol. The zero-order valence-electron chi connectivity index (χ0n) is 13.6. The van der Waals surface area contributed by atoms with Crippen LogP contribution in [0.1, 0.15) is 52.6 Å². The van der Waals surface area contributed by atoms with Gasteiger partial charge in [-0.05, 0) is 50.8 Å². The topological polar surface area (TPSA) is 95.6 Å². The van der Waals surface area contributed by atoms with Gasteiger partial charge < -0.3 is 10.6 Å². The van der Waals surface area contributed by atoms with Gasteiger partial charge >= 0.3 is 0 Å². The molecule has 0 saturated carbocycles. The number of aromatic nitrogens is 4. The number of hydrogen-bond donors (Lipinski definition) is 3. The molecule has 1 amide bonds. The molecule has 0 radical (unpaired) electrons. The Bertz CT molecular complexity index is 704. The van der Waals surface area contributed by atoms with E-state index in [1.54, 1.807) is 12.4 Å². The third kappa shape index (κ3) is 3.17. The van der Waals surface area contributed by atoms with Crippen LogP contribution in [0.15, 0.2) is 18.6 Å². The van der Waals surface area contributed by atoms with Crippen LogP contribution in [0, 0.1) is 0 Å². The van der Waals surface area contributed by atoms with Crippen molar-refractivity contribution in [2.45, 2.75) is 44.1 Å². The van der Waals surface area contributed by atoms with E-state index in [4.69, 9.17) is 0 Å². The SMILES string of the molecule is O=C(NC1CCc2[nH]ncc2C1)c1cnc(C2CCNCC2)nc1. The van der Waals surface area contributed by atoms with Crippen molar-refractivity contribution in [1.29, 1.82) is 0 Å². The molecule has 24 heavy (non-hydrogen) atoms. The molecule has 1 aliphatic carbocycles. The number of rotatable bonds is 3. The molecule has 4 rings (SSSR count). The lowest BCUT2D eigenvalue weighted by Crippen LogP contribution is -2.38. The zero-order chi connectivity index (χ0) is 16.4. The number of nitrogens with one attached hydrogen (secondary N) is 3. The van der Waals surface area contributed by atoms with E-state index in [0.717, 1.165) is 51.0 Å². The second kappa shape index (κ2) is 6.68. The van der Waals surface area contributed by atoms with Crippen molar-refractivity contribution in [3.05, 3.63) is 41.2 Å². The number of piperidine rings is 1. The van der Waals surface area contributed by atoms with Crippen molar-refractivity contribution in [2.24, 2.45) is 0 Å². The maximum atomic E-state index is 12.4. The summed E-state index contributed by atoms with van der Waals surface area (Å²) >= 11 is 0. The zero-order valence-corrected chi connectivity index (χ0v) is 13.6. The highest BCUT2D eigenvalue weighted by atomic mass is 16.1. The van der Waals surface area contributed by atoms with Crippen LogP contribution < -0.4 is 10.6 Å². The predicted octanol–water partition coefficient (Wildman–Crippen LogP) is 0.954. The van der Waals surface area contributed by atoms with Crippen LogP contribution >= 0.6 is 0 Å². The van der Waals surface area contributed by atoms with Crippen molar-refractivity contribution in [3.63, 3.8) is 0 Å². The van der Waals surface area contributed by atoms with E-state index >= 15 is 0 Å². The Morgan fingerprint density at radius 1 is 1.12 bits per heavy atom. The first-order chi connectivity index (χ1) is 11.8. The minimum atomic E-state index is -0.0937. The molecule has 0 spiro atoms. The molecule has 3 N–H and O–H groups in total. The van der Waals surface area contributed by atoms with E-state index in [1.165, 1.54) is 11.3 Å². The minimum absolute atomic E-state index is 0.0937. The van der Waals surface area contributed by atoms with Gasteiger partial charge in [-0.15, -0.1) is 0 Å². The Morgan fingerprint density at radius 3 is 2.71 bits per heavy atom. The standard InChI is InChI=1S/C17H22N6O/c24-17(22-14-1-2-15-12(7-14)10-21-23-15)13-8-19-16(20-9-13)11-3-5-18-6-4-11/h8-11,14,18H,1-7H2,(H,21,23)(H,22,24). The fourth-order valence-electron chi connectivity index (χ4n) is 3.55. The van der Waals surface area contributed by atoms with Crippen LogP contribution in [-0.4, -0.2) is 45.2 Å². The Labute approximate surface area is 140 Å². The Balaban J connectivity index is 1.38. The predicted molar refractivity (Wildman–Crippen MR) is 88.7 cm³/mol. The van der Waals surface area contributed by atoms with Gasteiger partial charge in [-0.3, -0.25) is 9.89 Å². The first kappa shape index (κ1) is 15.3. The maximum Gasteiger partial charge on any atom is 0.254 e. The van der Waals surface area contributed by atoms with Crippen LogP contribution in [0.5, 0.6) is 0 Å². The number of nitrogens with zero attached hydrogens (tertiary/aromatic N) is 3. The highest BCUT2D eigenvalue weighted by molar-refractivity contribution is 5.93. The highest BCUT2D eigenvalue weighted by Crippen LogP contribution is 2.22. The quantitative estimate of drug-likeness (QED) is 0.781. The van der Waals surface area contributed by atoms with E-state index in [-0.39, 0.29) is 11.9 Å². The molecule has 0 bridgehead atoms. The first-order valence-electron chi connectivity index (χ1n) is 8.64. The van der Waals surface area contributed by atoms with Crippen molar-refractivity contribution in [3.8, 4) is 0 Å². The third-order valence-corrected chi connectivity index (χ3v) is 4.99. The molecular formula is C17H22N6O. The van der Waals surface area contributed by atoms with Gasteiger partial charge in [0.25, 0.3) is 5.91 Å². The van der Waals surface area contributed by atoms with E-state index < -0.39 is 0 Å². The summed E-state index contributed by atoms with van der Waals surface area (Å²) in [6, 6.07) is 0.145. The van der Waals surface area contributed by atoms with Crippen LogP contribution in [0.4, 0.5) is 0 Å². The summed E-state index contributed by atoms with van der Waals surface area (Å²) in [5, 5.41) is 13.5. The van der Waals surface area contributed by atoms with Crippen molar-refractivity contribution < 1.29 is 4.79 Å². The molecule has 7 heteroatoms. The molecule has 1 fully saturated rings. The Kier molecular flexibility index (Phi) is 4.25. The number of carbonyl (C=O) groups excluding carboxylic acids is 1. The molecule has 2 aromatic heterocycles. The van der Waals surface area contributed by atoms with E-state index in [1.807, 2.05) is 6.20 Å². The Hall–Kier alpha value is -2.28. The smallest absolute Gasteiger partial charge is 0.254 e. The van der Waals surface area contributed by atoms with Gasteiger partial charge in [0.15, 0.2) is 0 Å². The fraction of sp³-hybridized carbons (Fsp3) is 0.529. The average Bonchev–Trinajstić information content (AvgIpc) is 3.10. The lowest BCUT2D eigenvalue weighted by molar-refractivity contribution is 0.0932. The van der Waals surface area contributed by atoms with Gasteiger partial charge in [-0.25, -0.2) is 9.97 Å². The Morgan fingerprint density at radius 2 is 1.92 bits per heavy atom. The molecule has 1 saturated heterocycles. The number of amides is 1. The average molecular weight is 326 g/mol. The fourth-order valence-corrected chi connectivity index (χ4v) is 3.55. The second-order valence-corrected chi connectivity index (χ2v) is 6.64. The molecule has 2 aromatic rings. The molecule has 1 unspecified atom stereocenters. The van der Waals surface area contributed by atoms with Crippen molar-refractivity contribution >= 4 is 5.91 Å². The summed E-state index contributed by atoms with van der Waals surface area (Å²) in [6.45, 7) is 2.02. The highest BCUT2D eigenvalue weighted by Gasteiger charge is 2.23. The van der Waals surface area contributed by atoms with Gasteiger partial charge in [-0.2, -0.15) is 5.10 Å². The largest absolute Gasteiger partial charge is 0.349 e. The second-order valence-electron chi connectivity index (χ2n) is 6.64. The van der Waals surface area contributed by atoms with E-state index in [9.17, 15) is 4.79 Å². The summed E-state index contributed by atoms with van der Waals surface area (Å²) in [4.78, 5) is 21.3. The van der Waals surface area contributed by atoms with Crippen molar-refractivity contribution in [2.75, 3.05) is 13.1 Å². The molecular weight excluding hydrogens is 304 g/mol. The molecule has 3 heterocycles. The number of carbonyl (C=O) groups is 1. The molecule has 1 aliphatic heterocycles. The summed E-state index contributed by atoms with van der Waals surface area (Å²) < 4.78 is 0. The summed E-state index contributed by atoms with van der Waals surface area (Å²) in [6.07, 6.45) is 9.95. The number of fused-ring (bicyclic) bond motifs is 1. The summed E-state index contributed by atoms with van der Waals surface area (Å²) in [5.41, 5.74) is 2.92. The minimum Gasteiger partial charge on any atom is -0.349 e. The first-order valence-corrected chi connectivity index (χ1v) is 8.64. The van der Waals surface area contributed by atoms with Crippen LogP contribution in [-0.2, 0) is 12.8 Å². The summed E-state index contributed by atoms with van der Waals surface area (Å²) in [7, 11) is 0. The van der Waals surface area contributed by atoms with Crippen LogP contribution in [0.2, 0.25) is 0 Å². The normalized spacial score (nSPS) is 21.2. The maximum absolute atomic E-state index is 12.4. The molecule has 0 aromatic carbocycles. The van der Waals surface area contributed by atoms with Crippen LogP contribution in [0.3, 0.4) is 0 Å². The number of H-pyrrole nitrogens is 1. The lowest BCUT2D eigenvalue weighted by atomic mass is 9.93. The van der Waals surface area contributed by atoms with Gasteiger partial charge in [0.2, 0.25) is 0 Å². The van der Waals surface area contributed by atoms with E-state index in [0.29, 0.717) is 11.5 Å². The molecule has 2 aliphatic rings. The molecule has 1 atom stereocenters. The van der Waals surface area contributed by atoms with Gasteiger partial charge in [0.05, 0.1) is 11.8 Å². The van der Waals surface area contributed by atoms with E-state index in [2.05, 4.69) is 30.8 Å².